The van der Waals surface area contributed by atoms with E-state index in [1.165, 1.54) is 31.4 Å². The van der Waals surface area contributed by atoms with Crippen molar-refractivity contribution in [1.29, 1.82) is 0 Å². The Morgan fingerprint density at radius 2 is 1.44 bits per heavy atom. The van der Waals surface area contributed by atoms with Gasteiger partial charge in [-0.1, -0.05) is 0 Å². The van der Waals surface area contributed by atoms with Gasteiger partial charge in [0.05, 0.1) is 19.8 Å². The number of carbonyl (C=O) groups excluding carboxylic acids is 2. The van der Waals surface area contributed by atoms with Gasteiger partial charge in [0, 0.05) is 37.8 Å². The van der Waals surface area contributed by atoms with Gasteiger partial charge in [0.15, 0.2) is 0 Å². The highest BCUT2D eigenvalue weighted by molar-refractivity contribution is 5.98. The van der Waals surface area contributed by atoms with Crippen molar-refractivity contribution in [3.63, 3.8) is 0 Å². The number of rotatable bonds is 4. The van der Waals surface area contributed by atoms with E-state index in [1.54, 1.807) is 35.1 Å². The third-order valence-electron chi connectivity index (χ3n) is 4.58. The second-order valence-corrected chi connectivity index (χ2v) is 6.16. The molecule has 1 aliphatic heterocycles. The number of ether oxygens (including phenoxy) is 2. The van der Waals surface area contributed by atoms with Crippen molar-refractivity contribution in [2.75, 3.05) is 40.4 Å². The summed E-state index contributed by atoms with van der Waals surface area (Å²) in [6.45, 7) is 1.67. The molecule has 0 unspecified atom stereocenters. The van der Waals surface area contributed by atoms with E-state index in [9.17, 15) is 14.0 Å². The van der Waals surface area contributed by atoms with Gasteiger partial charge >= 0.3 is 0 Å². The fraction of sp³-hybridized carbons (Fsp3) is 0.300. The van der Waals surface area contributed by atoms with Crippen LogP contribution in [0.4, 0.5) is 4.39 Å². The Balaban J connectivity index is 1.66. The van der Waals surface area contributed by atoms with E-state index in [0.29, 0.717) is 48.8 Å². The van der Waals surface area contributed by atoms with E-state index in [2.05, 4.69) is 0 Å². The van der Waals surface area contributed by atoms with E-state index in [1.807, 2.05) is 0 Å². The maximum atomic E-state index is 13.0. The van der Waals surface area contributed by atoms with Crippen LogP contribution in [-0.4, -0.2) is 62.0 Å². The molecule has 1 fully saturated rings. The lowest BCUT2D eigenvalue weighted by molar-refractivity contribution is 0.0533. The molecule has 7 heteroatoms. The average Bonchev–Trinajstić information content (AvgIpc) is 2.73. The number of amides is 2. The standard InChI is InChI=1S/C20H21FN2O4/c1-26-16-7-8-17(18(13-16)27-2)20(25)23-11-9-22(10-12-23)19(24)14-3-5-15(21)6-4-14/h3-8,13H,9-12H2,1-2H3. The zero-order valence-electron chi connectivity index (χ0n) is 15.3. The van der Waals surface area contributed by atoms with Gasteiger partial charge in [0.25, 0.3) is 11.8 Å². The second-order valence-electron chi connectivity index (χ2n) is 6.16. The van der Waals surface area contributed by atoms with Crippen molar-refractivity contribution < 1.29 is 23.5 Å². The monoisotopic (exact) mass is 372 g/mol. The van der Waals surface area contributed by atoms with Crippen LogP contribution < -0.4 is 9.47 Å². The molecular weight excluding hydrogens is 351 g/mol. The summed E-state index contributed by atoms with van der Waals surface area (Å²) in [4.78, 5) is 28.7. The Morgan fingerprint density at radius 1 is 0.852 bits per heavy atom. The number of halogens is 1. The van der Waals surface area contributed by atoms with Crippen LogP contribution in [0, 0.1) is 5.82 Å². The second kappa shape index (κ2) is 8.07. The Bertz CT molecular complexity index is 830. The summed E-state index contributed by atoms with van der Waals surface area (Å²) < 4.78 is 23.5. The highest BCUT2D eigenvalue weighted by Gasteiger charge is 2.27. The van der Waals surface area contributed by atoms with Gasteiger partial charge in [-0.05, 0) is 36.4 Å². The smallest absolute Gasteiger partial charge is 0.257 e. The lowest BCUT2D eigenvalue weighted by Crippen LogP contribution is -2.50. The molecule has 3 rings (SSSR count). The summed E-state index contributed by atoms with van der Waals surface area (Å²) in [7, 11) is 3.05. The van der Waals surface area contributed by atoms with Gasteiger partial charge in [-0.3, -0.25) is 9.59 Å². The number of hydrogen-bond acceptors (Lipinski definition) is 4. The van der Waals surface area contributed by atoms with E-state index >= 15 is 0 Å². The van der Waals surface area contributed by atoms with E-state index in [-0.39, 0.29) is 17.6 Å². The number of piperazine rings is 1. The highest BCUT2D eigenvalue weighted by Crippen LogP contribution is 2.26. The molecule has 2 aromatic carbocycles. The van der Waals surface area contributed by atoms with E-state index in [4.69, 9.17) is 9.47 Å². The largest absolute Gasteiger partial charge is 0.497 e. The summed E-state index contributed by atoms with van der Waals surface area (Å²) in [5.41, 5.74) is 0.893. The number of hydrogen-bond donors (Lipinski definition) is 0. The Hall–Kier alpha value is -3.09. The predicted molar refractivity (Wildman–Crippen MR) is 97.8 cm³/mol. The topological polar surface area (TPSA) is 59.1 Å². The van der Waals surface area contributed by atoms with Crippen molar-refractivity contribution in [2.24, 2.45) is 0 Å². The molecule has 2 aromatic rings. The van der Waals surface area contributed by atoms with Crippen molar-refractivity contribution in [3.05, 3.63) is 59.4 Å². The molecule has 0 spiro atoms. The SMILES string of the molecule is COc1ccc(C(=O)N2CCN(C(=O)c3ccc(F)cc3)CC2)c(OC)c1. The minimum Gasteiger partial charge on any atom is -0.497 e. The molecule has 0 bridgehead atoms. The van der Waals surface area contributed by atoms with Crippen LogP contribution in [0.15, 0.2) is 42.5 Å². The third-order valence-corrected chi connectivity index (χ3v) is 4.58. The van der Waals surface area contributed by atoms with Crippen LogP contribution in [0.1, 0.15) is 20.7 Å². The number of carbonyl (C=O) groups is 2. The third kappa shape index (κ3) is 4.02. The van der Waals surface area contributed by atoms with Crippen LogP contribution >= 0.6 is 0 Å². The van der Waals surface area contributed by atoms with Crippen LogP contribution in [-0.2, 0) is 0 Å². The predicted octanol–water partition coefficient (Wildman–Crippen LogP) is 2.44. The van der Waals surface area contributed by atoms with Crippen molar-refractivity contribution >= 4 is 11.8 Å². The lowest BCUT2D eigenvalue weighted by atomic mass is 10.1. The van der Waals surface area contributed by atoms with E-state index in [0.717, 1.165) is 0 Å². The van der Waals surface area contributed by atoms with Crippen LogP contribution in [0.3, 0.4) is 0 Å². The van der Waals surface area contributed by atoms with Crippen LogP contribution in [0.2, 0.25) is 0 Å². The molecule has 0 aliphatic carbocycles. The summed E-state index contributed by atoms with van der Waals surface area (Å²) in [6.07, 6.45) is 0. The maximum absolute atomic E-state index is 13.0. The summed E-state index contributed by atoms with van der Waals surface area (Å²) in [5.74, 6) is 0.366. The molecule has 0 aromatic heterocycles. The van der Waals surface area contributed by atoms with Gasteiger partial charge in [-0.15, -0.1) is 0 Å². The fourth-order valence-corrected chi connectivity index (χ4v) is 3.03. The van der Waals surface area contributed by atoms with Gasteiger partial charge in [-0.2, -0.15) is 0 Å². The van der Waals surface area contributed by atoms with Crippen LogP contribution in [0.25, 0.3) is 0 Å². The zero-order chi connectivity index (χ0) is 19.4. The molecule has 27 heavy (non-hydrogen) atoms. The molecule has 0 N–H and O–H groups in total. The molecule has 1 heterocycles. The summed E-state index contributed by atoms with van der Waals surface area (Å²) in [6, 6.07) is 10.5. The van der Waals surface area contributed by atoms with Gasteiger partial charge in [-0.25, -0.2) is 4.39 Å². The molecule has 142 valence electrons. The zero-order valence-corrected chi connectivity index (χ0v) is 15.3. The molecule has 0 saturated carbocycles. The molecule has 0 radical (unpaired) electrons. The van der Waals surface area contributed by atoms with Gasteiger partial charge < -0.3 is 19.3 Å². The Labute approximate surface area is 157 Å². The van der Waals surface area contributed by atoms with Gasteiger partial charge in [0.2, 0.25) is 0 Å². The number of nitrogens with zero attached hydrogens (tertiary/aromatic N) is 2. The Kier molecular flexibility index (Phi) is 5.59. The molecule has 1 saturated heterocycles. The first-order valence-electron chi connectivity index (χ1n) is 8.59. The maximum Gasteiger partial charge on any atom is 0.257 e. The summed E-state index contributed by atoms with van der Waals surface area (Å²) >= 11 is 0. The molecule has 6 nitrogen and oxygen atoms in total. The van der Waals surface area contributed by atoms with Gasteiger partial charge in [0.1, 0.15) is 17.3 Å². The first kappa shape index (κ1) is 18.7. The normalized spacial score (nSPS) is 14.0. The molecular formula is C20H21FN2O4. The highest BCUT2D eigenvalue weighted by atomic mass is 19.1. The number of methoxy groups -OCH3 is 2. The summed E-state index contributed by atoms with van der Waals surface area (Å²) in [5, 5.41) is 0. The molecule has 0 atom stereocenters. The number of benzene rings is 2. The Morgan fingerprint density at radius 3 is 2.00 bits per heavy atom. The molecule has 2 amide bonds. The van der Waals surface area contributed by atoms with Crippen molar-refractivity contribution in [3.8, 4) is 11.5 Å². The minimum atomic E-state index is -0.379. The fourth-order valence-electron chi connectivity index (χ4n) is 3.03. The average molecular weight is 372 g/mol. The van der Waals surface area contributed by atoms with Crippen molar-refractivity contribution in [2.45, 2.75) is 0 Å². The molecule has 1 aliphatic rings. The van der Waals surface area contributed by atoms with Crippen molar-refractivity contribution in [1.82, 2.24) is 9.80 Å². The van der Waals surface area contributed by atoms with Crippen LogP contribution in [0.5, 0.6) is 11.5 Å². The first-order valence-corrected chi connectivity index (χ1v) is 8.59. The van der Waals surface area contributed by atoms with E-state index < -0.39 is 0 Å². The quantitative estimate of drug-likeness (QED) is 0.827. The lowest BCUT2D eigenvalue weighted by Gasteiger charge is -2.35. The minimum absolute atomic E-state index is 0.150. The first-order chi connectivity index (χ1) is 13.0.